The minimum Gasteiger partial charge on any atom is -0.465 e. The Morgan fingerprint density at radius 1 is 1.04 bits per heavy atom. The minimum absolute atomic E-state index is 0.0293. The number of carbonyl (C=O) groups excluding carboxylic acids is 2. The number of sulfonamides is 1. The van der Waals surface area contributed by atoms with Crippen LogP contribution in [-0.4, -0.2) is 26.8 Å². The average molecular weight is 361 g/mol. The maximum Gasteiger partial charge on any atom is 0.317 e. The van der Waals surface area contributed by atoms with Gasteiger partial charge in [0.1, 0.15) is 5.92 Å². The van der Waals surface area contributed by atoms with Crippen LogP contribution in [-0.2, 0) is 26.0 Å². The van der Waals surface area contributed by atoms with Gasteiger partial charge in [0.05, 0.1) is 11.5 Å². The van der Waals surface area contributed by atoms with E-state index in [4.69, 9.17) is 9.88 Å². The van der Waals surface area contributed by atoms with E-state index in [1.807, 2.05) is 0 Å². The molecule has 0 aliphatic heterocycles. The third kappa shape index (κ3) is 4.98. The van der Waals surface area contributed by atoms with E-state index >= 15 is 0 Å². The van der Waals surface area contributed by atoms with E-state index in [1.54, 1.807) is 37.3 Å². The zero-order valence-corrected chi connectivity index (χ0v) is 14.5. The highest BCUT2D eigenvalue weighted by molar-refractivity contribution is 7.89. The molecule has 1 unspecified atom stereocenters. The number of ketones is 1. The van der Waals surface area contributed by atoms with E-state index in [0.717, 1.165) is 0 Å². The molecule has 0 radical (unpaired) electrons. The molecule has 2 aromatic carbocycles. The third-order valence-corrected chi connectivity index (χ3v) is 4.57. The first-order valence-corrected chi connectivity index (χ1v) is 9.25. The molecule has 0 saturated carbocycles. The van der Waals surface area contributed by atoms with Crippen LogP contribution < -0.4 is 5.14 Å². The van der Waals surface area contributed by atoms with Gasteiger partial charge in [0, 0.05) is 5.56 Å². The Hall–Kier alpha value is -2.51. The van der Waals surface area contributed by atoms with E-state index in [1.165, 1.54) is 24.3 Å². The summed E-state index contributed by atoms with van der Waals surface area (Å²) in [6.45, 7) is 1.84. The molecular weight excluding hydrogens is 342 g/mol. The van der Waals surface area contributed by atoms with E-state index in [0.29, 0.717) is 11.1 Å². The Morgan fingerprint density at radius 2 is 1.64 bits per heavy atom. The molecule has 7 heteroatoms. The summed E-state index contributed by atoms with van der Waals surface area (Å²) in [5.41, 5.74) is 1.05. The second-order valence-electron chi connectivity index (χ2n) is 5.43. The van der Waals surface area contributed by atoms with Crippen molar-refractivity contribution in [1.29, 1.82) is 0 Å². The maximum atomic E-state index is 12.7. The largest absolute Gasteiger partial charge is 0.465 e. The minimum atomic E-state index is -3.79. The molecular formula is C18H19NO5S. The number of nitrogens with two attached hydrogens (primary N) is 1. The molecule has 0 saturated heterocycles. The molecule has 2 rings (SSSR count). The summed E-state index contributed by atoms with van der Waals surface area (Å²) in [5.74, 6) is -1.94. The molecule has 0 amide bonds. The van der Waals surface area contributed by atoms with Gasteiger partial charge in [-0.25, -0.2) is 13.6 Å². The molecule has 0 fully saturated rings. The highest BCUT2D eigenvalue weighted by atomic mass is 32.2. The average Bonchev–Trinajstić information content (AvgIpc) is 2.59. The molecule has 2 N–H and O–H groups in total. The van der Waals surface area contributed by atoms with Crippen LogP contribution in [0, 0.1) is 5.92 Å². The highest BCUT2D eigenvalue weighted by Gasteiger charge is 2.29. The predicted octanol–water partition coefficient (Wildman–Crippen LogP) is 1.94. The molecule has 0 aliphatic carbocycles. The van der Waals surface area contributed by atoms with E-state index < -0.39 is 21.9 Å². The SMILES string of the molecule is CCOC(=O)C(Cc1ccc(S(N)(=O)=O)cc1)C(=O)c1ccccc1. The first-order chi connectivity index (χ1) is 11.8. The number of carbonyl (C=O) groups is 2. The summed E-state index contributed by atoms with van der Waals surface area (Å²) in [5, 5.41) is 5.06. The summed E-state index contributed by atoms with van der Waals surface area (Å²) in [4.78, 5) is 24.9. The van der Waals surface area contributed by atoms with E-state index in [9.17, 15) is 18.0 Å². The van der Waals surface area contributed by atoms with Crippen molar-refractivity contribution in [3.8, 4) is 0 Å². The van der Waals surface area contributed by atoms with Gasteiger partial charge in [-0.3, -0.25) is 9.59 Å². The topological polar surface area (TPSA) is 104 Å². The summed E-state index contributed by atoms with van der Waals surface area (Å²) in [6.07, 6.45) is 0.109. The van der Waals surface area contributed by atoms with Crippen molar-refractivity contribution in [2.45, 2.75) is 18.2 Å². The fourth-order valence-corrected chi connectivity index (χ4v) is 2.90. The van der Waals surface area contributed by atoms with Crippen molar-refractivity contribution < 1.29 is 22.7 Å². The first kappa shape index (κ1) is 18.8. The Kier molecular flexibility index (Phi) is 6.06. The number of benzene rings is 2. The van der Waals surface area contributed by atoms with Gasteiger partial charge in [-0.05, 0) is 31.0 Å². The molecule has 0 spiro atoms. The summed E-state index contributed by atoms with van der Waals surface area (Å²) < 4.78 is 27.6. The number of Topliss-reactive ketones (excluding diaryl/α,β-unsaturated/α-hetero) is 1. The smallest absolute Gasteiger partial charge is 0.317 e. The summed E-state index contributed by atoms with van der Waals surface area (Å²) >= 11 is 0. The molecule has 6 nitrogen and oxygen atoms in total. The van der Waals surface area contributed by atoms with E-state index in [2.05, 4.69) is 0 Å². The van der Waals surface area contributed by atoms with Crippen molar-refractivity contribution in [1.82, 2.24) is 0 Å². The van der Waals surface area contributed by atoms with E-state index in [-0.39, 0.29) is 23.7 Å². The third-order valence-electron chi connectivity index (χ3n) is 3.64. The van der Waals surface area contributed by atoms with Gasteiger partial charge in [-0.15, -0.1) is 0 Å². The number of primary sulfonamides is 1. The second kappa shape index (κ2) is 8.04. The van der Waals surface area contributed by atoms with Gasteiger partial charge in [-0.1, -0.05) is 42.5 Å². The highest BCUT2D eigenvalue weighted by Crippen LogP contribution is 2.18. The molecule has 0 aromatic heterocycles. The summed E-state index contributed by atoms with van der Waals surface area (Å²) in [6, 6.07) is 14.3. The Balaban J connectivity index is 2.27. The van der Waals surface area contributed by atoms with Crippen molar-refractivity contribution >= 4 is 21.8 Å². The zero-order valence-electron chi connectivity index (χ0n) is 13.7. The molecule has 0 bridgehead atoms. The fourth-order valence-electron chi connectivity index (χ4n) is 2.38. The monoisotopic (exact) mass is 361 g/mol. The molecule has 25 heavy (non-hydrogen) atoms. The Morgan fingerprint density at radius 3 is 2.16 bits per heavy atom. The van der Waals surface area contributed by atoms with Crippen LogP contribution in [0.15, 0.2) is 59.5 Å². The number of hydrogen-bond donors (Lipinski definition) is 1. The molecule has 132 valence electrons. The Labute approximate surface area is 146 Å². The van der Waals surface area contributed by atoms with Gasteiger partial charge < -0.3 is 4.74 Å². The van der Waals surface area contributed by atoms with Crippen molar-refractivity contribution in [2.75, 3.05) is 6.61 Å². The van der Waals surface area contributed by atoms with Crippen LogP contribution in [0.2, 0.25) is 0 Å². The Bertz CT molecular complexity index is 845. The normalized spacial score (nSPS) is 12.4. The molecule has 1 atom stereocenters. The second-order valence-corrected chi connectivity index (χ2v) is 6.99. The van der Waals surface area contributed by atoms with Gasteiger partial charge in [0.15, 0.2) is 5.78 Å². The number of rotatable bonds is 7. The van der Waals surface area contributed by atoms with Crippen LogP contribution in [0.3, 0.4) is 0 Å². The van der Waals surface area contributed by atoms with Gasteiger partial charge in [-0.2, -0.15) is 0 Å². The number of ether oxygens (including phenoxy) is 1. The first-order valence-electron chi connectivity index (χ1n) is 7.70. The van der Waals surface area contributed by atoms with Crippen molar-refractivity contribution in [2.24, 2.45) is 11.1 Å². The van der Waals surface area contributed by atoms with Gasteiger partial charge >= 0.3 is 5.97 Å². The van der Waals surface area contributed by atoms with Crippen LogP contribution in [0.1, 0.15) is 22.8 Å². The van der Waals surface area contributed by atoms with Gasteiger partial charge in [0.25, 0.3) is 0 Å². The van der Waals surface area contributed by atoms with Crippen LogP contribution in [0.25, 0.3) is 0 Å². The zero-order chi connectivity index (χ0) is 18.4. The molecule has 0 aliphatic rings. The lowest BCUT2D eigenvalue weighted by Crippen LogP contribution is -2.28. The quantitative estimate of drug-likeness (QED) is 0.461. The summed E-state index contributed by atoms with van der Waals surface area (Å²) in [7, 11) is -3.79. The van der Waals surface area contributed by atoms with Crippen molar-refractivity contribution in [3.63, 3.8) is 0 Å². The van der Waals surface area contributed by atoms with Crippen LogP contribution >= 0.6 is 0 Å². The molecule has 2 aromatic rings. The standard InChI is InChI=1S/C18H19NO5S/c1-2-24-18(21)16(17(20)14-6-4-3-5-7-14)12-13-8-10-15(11-9-13)25(19,22)23/h3-11,16H,2,12H2,1H3,(H2,19,22,23). The van der Waals surface area contributed by atoms with Crippen molar-refractivity contribution in [3.05, 3.63) is 65.7 Å². The predicted molar refractivity (Wildman–Crippen MR) is 92.4 cm³/mol. The van der Waals surface area contributed by atoms with Gasteiger partial charge in [0.2, 0.25) is 10.0 Å². The lowest BCUT2D eigenvalue weighted by Gasteiger charge is -2.15. The lowest BCUT2D eigenvalue weighted by molar-refractivity contribution is -0.146. The molecule has 0 heterocycles. The fraction of sp³-hybridized carbons (Fsp3) is 0.222. The lowest BCUT2D eigenvalue weighted by atomic mass is 9.91. The number of esters is 1. The maximum absolute atomic E-state index is 12.7. The number of hydrogen-bond acceptors (Lipinski definition) is 5. The van der Waals surface area contributed by atoms with Crippen LogP contribution in [0.4, 0.5) is 0 Å². The van der Waals surface area contributed by atoms with Crippen LogP contribution in [0.5, 0.6) is 0 Å².